The molecule has 0 saturated carbocycles. The summed E-state index contributed by atoms with van der Waals surface area (Å²) in [6.07, 6.45) is 4.72. The lowest BCUT2D eigenvalue weighted by molar-refractivity contribution is 0.0948. The summed E-state index contributed by atoms with van der Waals surface area (Å²) in [5.41, 5.74) is 1.28. The first-order valence-corrected chi connectivity index (χ1v) is 10.9. The molecule has 2 aromatic heterocycles. The molecule has 0 bridgehead atoms. The number of aromatic nitrogens is 4. The summed E-state index contributed by atoms with van der Waals surface area (Å²) in [6.45, 7) is 6.27. The molecule has 0 unspecified atom stereocenters. The van der Waals surface area contributed by atoms with Crippen LogP contribution in [0.3, 0.4) is 0 Å². The van der Waals surface area contributed by atoms with Crippen LogP contribution in [0.4, 0.5) is 5.82 Å². The quantitative estimate of drug-likeness (QED) is 0.389. The van der Waals surface area contributed by atoms with Crippen molar-refractivity contribution in [3.05, 3.63) is 36.0 Å². The number of carbonyl (C=O) groups is 1. The highest BCUT2D eigenvalue weighted by atomic mass is 32.2. The Balaban J connectivity index is 1.72. The van der Waals surface area contributed by atoms with Crippen LogP contribution in [-0.4, -0.2) is 51.6 Å². The summed E-state index contributed by atoms with van der Waals surface area (Å²) in [5, 5.41) is 12.3. The van der Waals surface area contributed by atoms with E-state index in [4.69, 9.17) is 4.74 Å². The summed E-state index contributed by atoms with van der Waals surface area (Å²) in [5.74, 6) is 1.21. The minimum Gasteiger partial charge on any atom is -0.493 e. The Kier molecular flexibility index (Phi) is 7.29. The molecule has 29 heavy (non-hydrogen) atoms. The minimum atomic E-state index is -0.171. The molecular weight excluding hydrogens is 388 g/mol. The lowest BCUT2D eigenvalue weighted by Crippen LogP contribution is -2.28. The zero-order chi connectivity index (χ0) is 20.6. The molecule has 3 aromatic rings. The van der Waals surface area contributed by atoms with Crippen LogP contribution >= 0.6 is 11.8 Å². The molecule has 9 heteroatoms. The number of anilines is 1. The normalized spacial score (nSPS) is 10.9. The summed E-state index contributed by atoms with van der Waals surface area (Å²) in [4.78, 5) is 21.7. The Labute approximate surface area is 174 Å². The van der Waals surface area contributed by atoms with Gasteiger partial charge in [-0.15, -0.1) is 0 Å². The van der Waals surface area contributed by atoms with Gasteiger partial charge in [0.1, 0.15) is 11.6 Å². The van der Waals surface area contributed by atoms with Crippen molar-refractivity contribution in [2.24, 2.45) is 0 Å². The molecule has 1 aromatic carbocycles. The van der Waals surface area contributed by atoms with Crippen LogP contribution in [0.5, 0.6) is 5.75 Å². The van der Waals surface area contributed by atoms with Gasteiger partial charge in [-0.05, 0) is 31.7 Å². The van der Waals surface area contributed by atoms with E-state index >= 15 is 0 Å². The van der Waals surface area contributed by atoms with Crippen molar-refractivity contribution in [2.75, 3.05) is 31.3 Å². The Hall–Kier alpha value is -2.81. The topological polar surface area (TPSA) is 94.0 Å². The van der Waals surface area contributed by atoms with Gasteiger partial charge in [-0.25, -0.2) is 14.6 Å². The van der Waals surface area contributed by atoms with Crippen molar-refractivity contribution >= 4 is 34.5 Å². The predicted octanol–water partition coefficient (Wildman–Crippen LogP) is 3.20. The third kappa shape index (κ3) is 4.97. The summed E-state index contributed by atoms with van der Waals surface area (Å²) in [6, 6.07) is 7.23. The number of hydrogen-bond donors (Lipinski definition) is 2. The maximum Gasteiger partial charge on any atom is 0.255 e. The highest BCUT2D eigenvalue weighted by Crippen LogP contribution is 2.23. The predicted molar refractivity (Wildman–Crippen MR) is 116 cm³/mol. The molecule has 0 aliphatic heterocycles. The van der Waals surface area contributed by atoms with Gasteiger partial charge in [-0.3, -0.25) is 4.79 Å². The number of nitrogens with one attached hydrogen (secondary N) is 2. The molecule has 2 N–H and O–H groups in total. The molecule has 0 spiro atoms. The Morgan fingerprint density at radius 2 is 2.03 bits per heavy atom. The number of thioether (sulfide) groups is 1. The third-order valence-electron chi connectivity index (χ3n) is 4.24. The molecular formula is C20H26N6O2S. The van der Waals surface area contributed by atoms with Gasteiger partial charge < -0.3 is 15.4 Å². The van der Waals surface area contributed by atoms with Crippen molar-refractivity contribution in [3.8, 4) is 5.75 Å². The van der Waals surface area contributed by atoms with E-state index in [1.807, 2.05) is 25.3 Å². The summed E-state index contributed by atoms with van der Waals surface area (Å²) in [7, 11) is 0. The van der Waals surface area contributed by atoms with Crippen molar-refractivity contribution in [1.82, 2.24) is 25.1 Å². The highest BCUT2D eigenvalue weighted by molar-refractivity contribution is 7.98. The molecule has 8 nitrogen and oxygen atoms in total. The first-order chi connectivity index (χ1) is 14.2. The van der Waals surface area contributed by atoms with Crippen molar-refractivity contribution < 1.29 is 9.53 Å². The van der Waals surface area contributed by atoms with Crippen LogP contribution in [0, 0.1) is 0 Å². The average Bonchev–Trinajstić information content (AvgIpc) is 3.15. The van der Waals surface area contributed by atoms with Gasteiger partial charge in [0.15, 0.2) is 10.8 Å². The van der Waals surface area contributed by atoms with Gasteiger partial charge in [-0.2, -0.15) is 5.10 Å². The maximum absolute atomic E-state index is 12.5. The molecule has 0 radical (unpaired) electrons. The number of hydrogen-bond acceptors (Lipinski definition) is 7. The fourth-order valence-corrected chi connectivity index (χ4v) is 3.23. The SMILES string of the molecule is CCCNc1nc(SC)nc2c1cnn2CCNC(=O)c1ccccc1OCC. The van der Waals surface area contributed by atoms with Crippen LogP contribution in [0.25, 0.3) is 11.0 Å². The van der Waals surface area contributed by atoms with Crippen molar-refractivity contribution in [1.29, 1.82) is 0 Å². The van der Waals surface area contributed by atoms with Crippen LogP contribution < -0.4 is 15.4 Å². The first kappa shape index (κ1) is 20.9. The average molecular weight is 415 g/mol. The standard InChI is InChI=1S/C20H26N6O2S/c1-4-10-21-17-15-13-23-26(18(15)25-20(24-17)29-3)12-11-22-19(27)14-8-6-7-9-16(14)28-5-2/h6-9,13H,4-5,10-12H2,1-3H3,(H,22,27)(H,21,24,25). The lowest BCUT2D eigenvalue weighted by atomic mass is 10.2. The number of amides is 1. The molecule has 0 fully saturated rings. The van der Waals surface area contributed by atoms with E-state index in [1.165, 1.54) is 11.8 Å². The van der Waals surface area contributed by atoms with Crippen molar-refractivity contribution in [3.63, 3.8) is 0 Å². The second-order valence-electron chi connectivity index (χ2n) is 6.28. The second kappa shape index (κ2) is 10.1. The first-order valence-electron chi connectivity index (χ1n) is 9.69. The maximum atomic E-state index is 12.5. The Morgan fingerprint density at radius 3 is 2.79 bits per heavy atom. The molecule has 0 saturated heterocycles. The fraction of sp³-hybridized carbons (Fsp3) is 0.400. The van der Waals surface area contributed by atoms with Gasteiger partial charge in [0, 0.05) is 13.1 Å². The van der Waals surface area contributed by atoms with E-state index in [0.717, 1.165) is 29.8 Å². The van der Waals surface area contributed by atoms with E-state index in [2.05, 4.69) is 32.6 Å². The van der Waals surface area contributed by atoms with Crippen LogP contribution in [-0.2, 0) is 6.54 Å². The molecule has 0 aliphatic rings. The van der Waals surface area contributed by atoms with Gasteiger partial charge in [-0.1, -0.05) is 30.8 Å². The molecule has 3 rings (SSSR count). The lowest BCUT2D eigenvalue weighted by Gasteiger charge is -2.11. The molecule has 2 heterocycles. The van der Waals surface area contributed by atoms with E-state index in [0.29, 0.717) is 36.2 Å². The number of fused-ring (bicyclic) bond motifs is 1. The zero-order valence-electron chi connectivity index (χ0n) is 16.9. The molecule has 0 aliphatic carbocycles. The Morgan fingerprint density at radius 1 is 1.21 bits per heavy atom. The molecule has 154 valence electrons. The van der Waals surface area contributed by atoms with Gasteiger partial charge in [0.2, 0.25) is 0 Å². The third-order valence-corrected chi connectivity index (χ3v) is 4.79. The zero-order valence-corrected chi connectivity index (χ0v) is 17.8. The summed E-state index contributed by atoms with van der Waals surface area (Å²) >= 11 is 1.49. The van der Waals surface area contributed by atoms with Crippen LogP contribution in [0.15, 0.2) is 35.6 Å². The Bertz CT molecular complexity index is 975. The monoisotopic (exact) mass is 414 g/mol. The van der Waals surface area contributed by atoms with E-state index in [-0.39, 0.29) is 5.91 Å². The van der Waals surface area contributed by atoms with E-state index in [9.17, 15) is 4.79 Å². The van der Waals surface area contributed by atoms with Crippen molar-refractivity contribution in [2.45, 2.75) is 32.0 Å². The number of nitrogens with zero attached hydrogens (tertiary/aromatic N) is 4. The number of benzene rings is 1. The largest absolute Gasteiger partial charge is 0.493 e. The number of para-hydroxylation sites is 1. The van der Waals surface area contributed by atoms with Crippen LogP contribution in [0.2, 0.25) is 0 Å². The minimum absolute atomic E-state index is 0.171. The summed E-state index contributed by atoms with van der Waals surface area (Å²) < 4.78 is 7.33. The van der Waals surface area contributed by atoms with Crippen LogP contribution in [0.1, 0.15) is 30.6 Å². The highest BCUT2D eigenvalue weighted by Gasteiger charge is 2.14. The van der Waals surface area contributed by atoms with E-state index in [1.54, 1.807) is 23.0 Å². The number of carbonyl (C=O) groups excluding carboxylic acids is 1. The number of ether oxygens (including phenoxy) is 1. The number of rotatable bonds is 10. The smallest absolute Gasteiger partial charge is 0.255 e. The molecule has 1 amide bonds. The van der Waals surface area contributed by atoms with Gasteiger partial charge >= 0.3 is 0 Å². The fourth-order valence-electron chi connectivity index (χ4n) is 2.87. The van der Waals surface area contributed by atoms with Gasteiger partial charge in [0.25, 0.3) is 5.91 Å². The van der Waals surface area contributed by atoms with E-state index < -0.39 is 0 Å². The second-order valence-corrected chi connectivity index (χ2v) is 7.05. The van der Waals surface area contributed by atoms with Gasteiger partial charge in [0.05, 0.1) is 30.3 Å². The molecule has 0 atom stereocenters.